The van der Waals surface area contributed by atoms with E-state index < -0.39 is 0 Å². The molecular formula is C17H28Si. The van der Waals surface area contributed by atoms with E-state index in [9.17, 15) is 0 Å². The minimum atomic E-state index is 0.232. The van der Waals surface area contributed by atoms with Gasteiger partial charge in [-0.3, -0.25) is 0 Å². The smallest absolute Gasteiger partial charge is 0.0351 e. The van der Waals surface area contributed by atoms with Crippen molar-refractivity contribution < 1.29 is 0 Å². The summed E-state index contributed by atoms with van der Waals surface area (Å²) in [5, 5.41) is 0. The Morgan fingerprint density at radius 3 is 1.89 bits per heavy atom. The Balaban J connectivity index is 3.43. The van der Waals surface area contributed by atoms with Crippen molar-refractivity contribution >= 4 is 9.52 Å². The molecule has 1 aromatic rings. The van der Waals surface area contributed by atoms with E-state index in [1.54, 1.807) is 5.56 Å². The highest BCUT2D eigenvalue weighted by atomic mass is 28.2. The molecular weight excluding hydrogens is 232 g/mol. The molecule has 0 unspecified atom stereocenters. The minimum absolute atomic E-state index is 0.232. The maximum absolute atomic E-state index is 2.39. The first-order chi connectivity index (χ1) is 8.09. The third kappa shape index (κ3) is 3.26. The van der Waals surface area contributed by atoms with Crippen LogP contribution in [0.3, 0.4) is 0 Å². The van der Waals surface area contributed by atoms with E-state index in [0.29, 0.717) is 5.41 Å². The lowest BCUT2D eigenvalue weighted by atomic mass is 9.76. The molecule has 0 N–H and O–H groups in total. The van der Waals surface area contributed by atoms with Gasteiger partial charge >= 0.3 is 0 Å². The van der Waals surface area contributed by atoms with E-state index >= 15 is 0 Å². The van der Waals surface area contributed by atoms with Gasteiger partial charge in [-0.2, -0.15) is 0 Å². The van der Waals surface area contributed by atoms with Gasteiger partial charge < -0.3 is 0 Å². The zero-order valence-electron chi connectivity index (χ0n) is 13.4. The standard InChI is InChI=1S/C17H28Si/c1-12-9-14(16(3,4)5)13(2)15(10-12)17(6,7)11-18-8/h9-10H,11H2,1-8H3. The van der Waals surface area contributed by atoms with Crippen molar-refractivity contribution in [3.8, 4) is 0 Å². The molecule has 18 heavy (non-hydrogen) atoms. The molecule has 0 saturated heterocycles. The Labute approximate surface area is 116 Å². The van der Waals surface area contributed by atoms with Gasteiger partial charge in [0, 0.05) is 9.52 Å². The van der Waals surface area contributed by atoms with Crippen LogP contribution < -0.4 is 0 Å². The summed E-state index contributed by atoms with van der Waals surface area (Å²) >= 11 is 0. The number of benzene rings is 1. The van der Waals surface area contributed by atoms with Crippen LogP contribution in [0.15, 0.2) is 12.1 Å². The van der Waals surface area contributed by atoms with Gasteiger partial charge in [0.25, 0.3) is 0 Å². The van der Waals surface area contributed by atoms with Crippen LogP contribution in [0, 0.1) is 13.8 Å². The van der Waals surface area contributed by atoms with Crippen LogP contribution in [0.25, 0.3) is 0 Å². The number of rotatable bonds is 3. The van der Waals surface area contributed by atoms with Crippen LogP contribution in [0.5, 0.6) is 0 Å². The fourth-order valence-electron chi connectivity index (χ4n) is 2.88. The number of aryl methyl sites for hydroxylation is 1. The SMILES string of the molecule is C[Si]CC(C)(C)c1cc(C)cc(C(C)(C)C)c1C. The summed E-state index contributed by atoms with van der Waals surface area (Å²) < 4.78 is 0. The lowest BCUT2D eigenvalue weighted by molar-refractivity contribution is 0.559. The second kappa shape index (κ2) is 5.20. The Hall–Kier alpha value is -0.563. The average molecular weight is 260 g/mol. The van der Waals surface area contributed by atoms with Crippen molar-refractivity contribution in [2.24, 2.45) is 0 Å². The first-order valence-electron chi connectivity index (χ1n) is 6.86. The third-order valence-corrected chi connectivity index (χ3v) is 4.95. The van der Waals surface area contributed by atoms with Crippen molar-refractivity contribution in [1.29, 1.82) is 0 Å². The zero-order chi connectivity index (χ0) is 14.1. The van der Waals surface area contributed by atoms with Gasteiger partial charge in [0.1, 0.15) is 0 Å². The molecule has 0 nitrogen and oxygen atoms in total. The quantitative estimate of drug-likeness (QED) is 0.667. The van der Waals surface area contributed by atoms with Crippen LogP contribution in [-0.2, 0) is 10.8 Å². The molecule has 0 fully saturated rings. The summed E-state index contributed by atoms with van der Waals surface area (Å²) in [6.07, 6.45) is 0. The molecule has 0 amide bonds. The molecule has 0 bridgehead atoms. The normalized spacial score (nSPS) is 12.9. The van der Waals surface area contributed by atoms with Crippen LogP contribution in [0.1, 0.15) is 56.9 Å². The summed E-state index contributed by atoms with van der Waals surface area (Å²) in [5.74, 6) is 0. The molecule has 0 spiro atoms. The van der Waals surface area contributed by atoms with Crippen LogP contribution in [0.2, 0.25) is 12.6 Å². The van der Waals surface area contributed by atoms with Gasteiger partial charge in [-0.05, 0) is 41.4 Å². The van der Waals surface area contributed by atoms with E-state index in [2.05, 4.69) is 67.1 Å². The van der Waals surface area contributed by atoms with E-state index in [4.69, 9.17) is 0 Å². The summed E-state index contributed by atoms with van der Waals surface area (Å²) in [5.41, 5.74) is 6.47. The van der Waals surface area contributed by atoms with E-state index in [1.807, 2.05) is 0 Å². The molecule has 0 aliphatic rings. The van der Waals surface area contributed by atoms with Crippen molar-refractivity contribution in [2.75, 3.05) is 0 Å². The molecule has 0 heterocycles. The topological polar surface area (TPSA) is 0 Å². The van der Waals surface area contributed by atoms with Gasteiger partial charge in [0.15, 0.2) is 0 Å². The summed E-state index contributed by atoms with van der Waals surface area (Å²) in [7, 11) is 1.01. The molecule has 100 valence electrons. The molecule has 0 saturated carbocycles. The molecule has 1 heteroatoms. The fraction of sp³-hybridized carbons (Fsp3) is 0.647. The van der Waals surface area contributed by atoms with E-state index in [0.717, 1.165) is 9.52 Å². The number of hydrogen-bond donors (Lipinski definition) is 0. The maximum Gasteiger partial charge on any atom is 0.0351 e. The van der Waals surface area contributed by atoms with Crippen molar-refractivity contribution in [2.45, 2.75) is 71.9 Å². The first-order valence-corrected chi connectivity index (χ1v) is 8.57. The first kappa shape index (κ1) is 15.5. The predicted octanol–water partition coefficient (Wildman–Crippen LogP) is 5.05. The summed E-state index contributed by atoms with van der Waals surface area (Å²) in [6, 6.07) is 6.04. The minimum Gasteiger partial charge on any atom is -0.0733 e. The molecule has 0 aromatic heterocycles. The van der Waals surface area contributed by atoms with Crippen LogP contribution in [-0.4, -0.2) is 9.52 Å². The second-order valence-electron chi connectivity index (χ2n) is 7.15. The summed E-state index contributed by atoms with van der Waals surface area (Å²) in [4.78, 5) is 0. The Bertz CT molecular complexity index is 422. The Morgan fingerprint density at radius 1 is 0.944 bits per heavy atom. The summed E-state index contributed by atoms with van der Waals surface area (Å²) in [6.45, 7) is 18.5. The van der Waals surface area contributed by atoms with Crippen LogP contribution >= 0.6 is 0 Å². The van der Waals surface area contributed by atoms with Crippen molar-refractivity contribution in [1.82, 2.24) is 0 Å². The van der Waals surface area contributed by atoms with Gasteiger partial charge in [0.05, 0.1) is 0 Å². The molecule has 0 atom stereocenters. The second-order valence-corrected chi connectivity index (χ2v) is 8.21. The highest BCUT2D eigenvalue weighted by molar-refractivity contribution is 6.33. The van der Waals surface area contributed by atoms with Crippen molar-refractivity contribution in [3.05, 3.63) is 34.4 Å². The highest BCUT2D eigenvalue weighted by Crippen LogP contribution is 2.36. The van der Waals surface area contributed by atoms with Gasteiger partial charge in [-0.25, -0.2) is 0 Å². The zero-order valence-corrected chi connectivity index (χ0v) is 14.4. The molecule has 0 aliphatic heterocycles. The largest absolute Gasteiger partial charge is 0.0733 e. The van der Waals surface area contributed by atoms with Crippen LogP contribution in [0.4, 0.5) is 0 Å². The molecule has 1 rings (SSSR count). The Morgan fingerprint density at radius 2 is 1.44 bits per heavy atom. The lowest BCUT2D eigenvalue weighted by Crippen LogP contribution is -2.23. The van der Waals surface area contributed by atoms with Crippen molar-refractivity contribution in [3.63, 3.8) is 0 Å². The van der Waals surface area contributed by atoms with Gasteiger partial charge in [0.2, 0.25) is 0 Å². The third-order valence-electron chi connectivity index (χ3n) is 3.71. The maximum atomic E-state index is 2.39. The Kier molecular flexibility index (Phi) is 4.48. The average Bonchev–Trinajstić information content (AvgIpc) is 2.19. The monoisotopic (exact) mass is 260 g/mol. The van der Waals surface area contributed by atoms with E-state index in [1.165, 1.54) is 22.7 Å². The molecule has 1 aromatic carbocycles. The van der Waals surface area contributed by atoms with Gasteiger partial charge in [-0.1, -0.05) is 64.9 Å². The molecule has 0 aliphatic carbocycles. The fourth-order valence-corrected chi connectivity index (χ4v) is 3.95. The van der Waals surface area contributed by atoms with Gasteiger partial charge in [-0.15, -0.1) is 0 Å². The van der Waals surface area contributed by atoms with E-state index in [-0.39, 0.29) is 5.41 Å². The highest BCUT2D eigenvalue weighted by Gasteiger charge is 2.26. The lowest BCUT2D eigenvalue weighted by Gasteiger charge is -2.31. The number of hydrogen-bond acceptors (Lipinski definition) is 0. The predicted molar refractivity (Wildman–Crippen MR) is 84.1 cm³/mol. The molecule has 2 radical (unpaired) electrons.